The van der Waals surface area contributed by atoms with Crippen LogP contribution in [0.5, 0.6) is 0 Å². The number of benzene rings is 1. The van der Waals surface area contributed by atoms with Crippen molar-refractivity contribution in [1.82, 2.24) is 4.90 Å². The molecular formula is C18H25NO4S. The van der Waals surface area contributed by atoms with Crippen molar-refractivity contribution in [3.8, 4) is 0 Å². The number of ether oxygens (including phenoxy) is 1. The topological polar surface area (TPSA) is 66.8 Å². The van der Waals surface area contributed by atoms with E-state index in [1.54, 1.807) is 23.6 Å². The van der Waals surface area contributed by atoms with Crippen molar-refractivity contribution in [2.24, 2.45) is 5.92 Å². The van der Waals surface area contributed by atoms with Gasteiger partial charge in [-0.3, -0.25) is 4.79 Å². The molecule has 2 unspecified atom stereocenters. The molecule has 5 nitrogen and oxygen atoms in total. The van der Waals surface area contributed by atoms with Crippen LogP contribution in [-0.4, -0.2) is 52.4 Å². The molecule has 1 aliphatic heterocycles. The molecule has 1 aliphatic rings. The van der Waals surface area contributed by atoms with Crippen molar-refractivity contribution in [3.05, 3.63) is 35.9 Å². The van der Waals surface area contributed by atoms with E-state index in [2.05, 4.69) is 0 Å². The fourth-order valence-electron chi connectivity index (χ4n) is 2.76. The Labute approximate surface area is 147 Å². The van der Waals surface area contributed by atoms with Crippen LogP contribution >= 0.6 is 11.8 Å². The van der Waals surface area contributed by atoms with Gasteiger partial charge in [0.25, 0.3) is 0 Å². The number of carboxylic acid groups (broad SMARTS) is 1. The van der Waals surface area contributed by atoms with Gasteiger partial charge in [0.15, 0.2) is 6.10 Å². The normalized spacial score (nSPS) is 22.4. The number of hydrogen-bond donors (Lipinski definition) is 1. The van der Waals surface area contributed by atoms with Crippen LogP contribution in [0, 0.1) is 5.92 Å². The molecule has 1 N–H and O–H groups in total. The maximum absolute atomic E-state index is 12.9. The molecule has 1 heterocycles. The molecular weight excluding hydrogens is 326 g/mol. The Morgan fingerprint density at radius 1 is 1.29 bits per heavy atom. The van der Waals surface area contributed by atoms with Crippen molar-refractivity contribution in [1.29, 1.82) is 0 Å². The van der Waals surface area contributed by atoms with Gasteiger partial charge in [0.1, 0.15) is 0 Å². The summed E-state index contributed by atoms with van der Waals surface area (Å²) >= 11 is 1.62. The van der Waals surface area contributed by atoms with Gasteiger partial charge in [0.05, 0.1) is 17.9 Å². The highest BCUT2D eigenvalue weighted by Gasteiger charge is 2.36. The summed E-state index contributed by atoms with van der Waals surface area (Å²) in [5.41, 5.74) is 1.18. The summed E-state index contributed by atoms with van der Waals surface area (Å²) in [7, 11) is 0. The number of thioether (sulfide) groups is 1. The van der Waals surface area contributed by atoms with Gasteiger partial charge in [-0.05, 0) is 18.4 Å². The van der Waals surface area contributed by atoms with Gasteiger partial charge in [-0.1, -0.05) is 44.2 Å². The second kappa shape index (κ2) is 8.53. The molecule has 132 valence electrons. The lowest BCUT2D eigenvalue weighted by Gasteiger charge is -2.37. The van der Waals surface area contributed by atoms with Gasteiger partial charge in [-0.25, -0.2) is 4.79 Å². The molecule has 24 heavy (non-hydrogen) atoms. The molecule has 0 radical (unpaired) electrons. The first-order valence-electron chi connectivity index (χ1n) is 8.21. The van der Waals surface area contributed by atoms with Crippen LogP contribution in [0.3, 0.4) is 0 Å². The molecule has 0 aliphatic carbocycles. The van der Waals surface area contributed by atoms with Crippen LogP contribution in [0.1, 0.15) is 26.3 Å². The van der Waals surface area contributed by atoms with Gasteiger partial charge >= 0.3 is 5.97 Å². The molecule has 2 rings (SSSR count). The van der Waals surface area contributed by atoms with Crippen molar-refractivity contribution < 1.29 is 19.4 Å². The maximum Gasteiger partial charge on any atom is 0.334 e. The van der Waals surface area contributed by atoms with E-state index in [9.17, 15) is 14.7 Å². The van der Waals surface area contributed by atoms with Crippen LogP contribution in [0.25, 0.3) is 0 Å². The van der Waals surface area contributed by atoms with E-state index in [1.165, 1.54) is 5.56 Å². The minimum atomic E-state index is -1.02. The second-order valence-electron chi connectivity index (χ2n) is 6.48. The van der Waals surface area contributed by atoms with E-state index in [-0.39, 0.29) is 29.7 Å². The molecule has 1 saturated heterocycles. The minimum Gasteiger partial charge on any atom is -0.479 e. The zero-order chi connectivity index (χ0) is 17.7. The predicted molar refractivity (Wildman–Crippen MR) is 94.9 cm³/mol. The van der Waals surface area contributed by atoms with Crippen LogP contribution in [-0.2, 0) is 20.1 Å². The Hall–Kier alpha value is -1.53. The summed E-state index contributed by atoms with van der Waals surface area (Å²) in [4.78, 5) is 25.8. The highest BCUT2D eigenvalue weighted by molar-refractivity contribution is 7.99. The van der Waals surface area contributed by atoms with Crippen molar-refractivity contribution in [2.75, 3.05) is 13.1 Å². The summed E-state index contributed by atoms with van der Waals surface area (Å²) < 4.78 is 5.40. The average Bonchev–Trinajstić information content (AvgIpc) is 2.54. The Morgan fingerprint density at radius 2 is 1.96 bits per heavy atom. The molecule has 0 bridgehead atoms. The molecule has 0 spiro atoms. The van der Waals surface area contributed by atoms with Gasteiger partial charge < -0.3 is 14.7 Å². The Kier molecular flexibility index (Phi) is 6.69. The molecule has 3 atom stereocenters. The van der Waals surface area contributed by atoms with Crippen LogP contribution in [0.15, 0.2) is 30.3 Å². The number of carbonyl (C=O) groups is 2. The minimum absolute atomic E-state index is 0.00679. The molecule has 0 saturated carbocycles. The standard InChI is InChI=1S/C18H25NO4S/c1-12(2)16(24-11-14-7-5-4-6-8-14)17(20)19-9-13(3)23-15(10-19)18(21)22/h4-8,12-13,15-16H,9-11H2,1-3H3,(H,21,22)/t13-,15?,16?/m1/s1. The monoisotopic (exact) mass is 351 g/mol. The number of hydrogen-bond acceptors (Lipinski definition) is 4. The zero-order valence-electron chi connectivity index (χ0n) is 14.3. The second-order valence-corrected chi connectivity index (χ2v) is 7.61. The summed E-state index contributed by atoms with van der Waals surface area (Å²) in [6.07, 6.45) is -1.21. The third-order valence-electron chi connectivity index (χ3n) is 3.97. The average molecular weight is 351 g/mol. The van der Waals surface area contributed by atoms with Gasteiger partial charge in [-0.2, -0.15) is 0 Å². The fourth-order valence-corrected chi connectivity index (χ4v) is 4.00. The van der Waals surface area contributed by atoms with E-state index < -0.39 is 12.1 Å². The van der Waals surface area contributed by atoms with E-state index in [4.69, 9.17) is 4.74 Å². The number of amides is 1. The maximum atomic E-state index is 12.9. The number of nitrogens with zero attached hydrogens (tertiary/aromatic N) is 1. The van der Waals surface area contributed by atoms with E-state index in [0.717, 1.165) is 5.75 Å². The number of carboxylic acids is 1. The van der Waals surface area contributed by atoms with Crippen LogP contribution in [0.2, 0.25) is 0 Å². The Bertz CT molecular complexity index is 563. The smallest absolute Gasteiger partial charge is 0.334 e. The molecule has 0 aromatic heterocycles. The lowest BCUT2D eigenvalue weighted by molar-refractivity contribution is -0.166. The van der Waals surface area contributed by atoms with Gasteiger partial charge in [0.2, 0.25) is 5.91 Å². The summed E-state index contributed by atoms with van der Waals surface area (Å²) in [6, 6.07) is 10.0. The number of carbonyl (C=O) groups excluding carboxylic acids is 1. The van der Waals surface area contributed by atoms with E-state index in [0.29, 0.717) is 6.54 Å². The summed E-state index contributed by atoms with van der Waals surface area (Å²) in [5.74, 6) is -0.0742. The molecule has 1 amide bonds. The van der Waals surface area contributed by atoms with Gasteiger partial charge in [0, 0.05) is 12.3 Å². The van der Waals surface area contributed by atoms with Crippen LogP contribution in [0.4, 0.5) is 0 Å². The predicted octanol–water partition coefficient (Wildman–Crippen LogP) is 2.64. The quantitative estimate of drug-likeness (QED) is 0.853. The van der Waals surface area contributed by atoms with Gasteiger partial charge in [-0.15, -0.1) is 11.8 Å². The lowest BCUT2D eigenvalue weighted by atomic mass is 10.1. The number of aliphatic carboxylic acids is 1. The first kappa shape index (κ1) is 18.8. The van der Waals surface area contributed by atoms with Crippen LogP contribution < -0.4 is 0 Å². The first-order valence-corrected chi connectivity index (χ1v) is 9.26. The third kappa shape index (κ3) is 4.98. The number of rotatable bonds is 6. The highest BCUT2D eigenvalue weighted by Crippen LogP contribution is 2.27. The van der Waals surface area contributed by atoms with Crippen molar-refractivity contribution >= 4 is 23.6 Å². The molecule has 1 aromatic carbocycles. The largest absolute Gasteiger partial charge is 0.479 e. The Morgan fingerprint density at radius 3 is 2.54 bits per heavy atom. The molecule has 1 fully saturated rings. The fraction of sp³-hybridized carbons (Fsp3) is 0.556. The van der Waals surface area contributed by atoms with E-state index >= 15 is 0 Å². The third-order valence-corrected chi connectivity index (χ3v) is 5.57. The van der Waals surface area contributed by atoms with E-state index in [1.807, 2.05) is 44.2 Å². The van der Waals surface area contributed by atoms with Crippen molar-refractivity contribution in [2.45, 2.75) is 44.0 Å². The Balaban J connectivity index is 2.03. The number of morpholine rings is 1. The lowest BCUT2D eigenvalue weighted by Crippen LogP contribution is -2.54. The summed E-state index contributed by atoms with van der Waals surface area (Å²) in [6.45, 7) is 6.42. The first-order chi connectivity index (χ1) is 11.4. The molecule has 1 aromatic rings. The zero-order valence-corrected chi connectivity index (χ0v) is 15.2. The SMILES string of the molecule is CC(C)C(SCc1ccccc1)C(=O)N1CC(C(=O)O)O[C@H](C)C1. The molecule has 6 heteroatoms. The summed E-state index contributed by atoms with van der Waals surface area (Å²) in [5, 5.41) is 9.00. The highest BCUT2D eigenvalue weighted by atomic mass is 32.2. The van der Waals surface area contributed by atoms with Crippen molar-refractivity contribution in [3.63, 3.8) is 0 Å².